The monoisotopic (exact) mass is 345 g/mol. The van der Waals surface area contributed by atoms with Gasteiger partial charge in [0.05, 0.1) is 5.69 Å². The predicted molar refractivity (Wildman–Crippen MR) is 87.3 cm³/mol. The van der Waals surface area contributed by atoms with Crippen LogP contribution in [0.5, 0.6) is 5.75 Å². The van der Waals surface area contributed by atoms with Gasteiger partial charge >= 0.3 is 0 Å². The molecule has 4 heteroatoms. The summed E-state index contributed by atoms with van der Waals surface area (Å²) in [5.74, 6) is 1.28. The van der Waals surface area contributed by atoms with Crippen LogP contribution >= 0.6 is 27.7 Å². The molecule has 1 aliphatic rings. The van der Waals surface area contributed by atoms with Gasteiger partial charge in [-0.15, -0.1) is 11.8 Å². The maximum atomic E-state index is 9.76. The van der Waals surface area contributed by atoms with Crippen LogP contribution in [0, 0.1) is 0 Å². The summed E-state index contributed by atoms with van der Waals surface area (Å²) in [5.41, 5.74) is 5.01. The van der Waals surface area contributed by atoms with Crippen molar-refractivity contribution in [3.05, 3.63) is 46.4 Å². The highest BCUT2D eigenvalue weighted by atomic mass is 79.9. The van der Waals surface area contributed by atoms with Crippen molar-refractivity contribution in [2.45, 2.75) is 10.6 Å². The Kier molecular flexibility index (Phi) is 2.66. The molecule has 2 heterocycles. The lowest BCUT2D eigenvalue weighted by molar-refractivity contribution is 0.476. The third-order valence-corrected chi connectivity index (χ3v) is 5.45. The first kappa shape index (κ1) is 12.4. The molecule has 0 bridgehead atoms. The number of nitrogens with zero attached hydrogens (tertiary/aromatic N) is 1. The summed E-state index contributed by atoms with van der Waals surface area (Å²) < 4.78 is 3.33. The molecule has 0 amide bonds. The SMILES string of the molecule is Cn1c2c(c3cc(O)ccc31)CSc1ccc(Br)cc1-2. The molecule has 1 aliphatic heterocycles. The molecular formula is C16H12BrNOS. The zero-order valence-electron chi connectivity index (χ0n) is 10.9. The molecule has 0 atom stereocenters. The highest BCUT2D eigenvalue weighted by Gasteiger charge is 2.23. The number of hydrogen-bond acceptors (Lipinski definition) is 2. The number of rotatable bonds is 0. The number of phenolic OH excluding ortho intramolecular Hbond substituents is 1. The maximum Gasteiger partial charge on any atom is 0.116 e. The van der Waals surface area contributed by atoms with Gasteiger partial charge in [0.2, 0.25) is 0 Å². The Morgan fingerprint density at radius 2 is 2.05 bits per heavy atom. The molecule has 0 radical (unpaired) electrons. The van der Waals surface area contributed by atoms with Gasteiger partial charge in [0.15, 0.2) is 0 Å². The second-order valence-electron chi connectivity index (χ2n) is 5.02. The van der Waals surface area contributed by atoms with Crippen molar-refractivity contribution < 1.29 is 5.11 Å². The summed E-state index contributed by atoms with van der Waals surface area (Å²) >= 11 is 5.42. The Bertz CT molecular complexity index is 853. The highest BCUT2D eigenvalue weighted by molar-refractivity contribution is 9.10. The minimum absolute atomic E-state index is 0.330. The molecule has 2 aromatic carbocycles. The van der Waals surface area contributed by atoms with Gasteiger partial charge in [0.1, 0.15) is 5.75 Å². The van der Waals surface area contributed by atoms with Gasteiger partial charge in [-0.3, -0.25) is 0 Å². The molecule has 0 saturated heterocycles. The predicted octanol–water partition coefficient (Wildman–Crippen LogP) is 4.92. The van der Waals surface area contributed by atoms with Crippen molar-refractivity contribution in [1.82, 2.24) is 4.57 Å². The van der Waals surface area contributed by atoms with E-state index in [0.717, 1.165) is 15.6 Å². The molecule has 3 aromatic rings. The molecule has 0 unspecified atom stereocenters. The minimum Gasteiger partial charge on any atom is -0.508 e. The van der Waals surface area contributed by atoms with Crippen LogP contribution in [0.3, 0.4) is 0 Å². The van der Waals surface area contributed by atoms with Crippen LogP contribution in [-0.4, -0.2) is 9.67 Å². The minimum atomic E-state index is 0.330. The Hall–Kier alpha value is -1.39. The smallest absolute Gasteiger partial charge is 0.116 e. The summed E-state index contributed by atoms with van der Waals surface area (Å²) in [7, 11) is 2.10. The van der Waals surface area contributed by atoms with Crippen LogP contribution in [-0.2, 0) is 12.8 Å². The Labute approximate surface area is 129 Å². The van der Waals surface area contributed by atoms with Gasteiger partial charge in [0.25, 0.3) is 0 Å². The van der Waals surface area contributed by atoms with E-state index in [0.29, 0.717) is 5.75 Å². The van der Waals surface area contributed by atoms with Crippen molar-refractivity contribution in [1.29, 1.82) is 0 Å². The third-order valence-electron chi connectivity index (χ3n) is 3.86. The molecule has 20 heavy (non-hydrogen) atoms. The lowest BCUT2D eigenvalue weighted by Gasteiger charge is -2.18. The van der Waals surface area contributed by atoms with E-state index < -0.39 is 0 Å². The van der Waals surface area contributed by atoms with E-state index in [9.17, 15) is 5.11 Å². The first-order chi connectivity index (χ1) is 9.65. The maximum absolute atomic E-state index is 9.76. The summed E-state index contributed by atoms with van der Waals surface area (Å²) in [6.07, 6.45) is 0. The van der Waals surface area contributed by atoms with E-state index in [4.69, 9.17) is 0 Å². The van der Waals surface area contributed by atoms with E-state index in [1.54, 1.807) is 6.07 Å². The van der Waals surface area contributed by atoms with E-state index >= 15 is 0 Å². The number of fused-ring (bicyclic) bond motifs is 5. The van der Waals surface area contributed by atoms with Gasteiger partial charge < -0.3 is 9.67 Å². The fourth-order valence-electron chi connectivity index (χ4n) is 2.96. The zero-order valence-corrected chi connectivity index (χ0v) is 13.3. The number of aromatic nitrogens is 1. The molecule has 100 valence electrons. The average molecular weight is 346 g/mol. The molecule has 0 fully saturated rings. The van der Waals surface area contributed by atoms with Crippen molar-refractivity contribution >= 4 is 38.6 Å². The molecule has 2 nitrogen and oxygen atoms in total. The van der Waals surface area contributed by atoms with Crippen LogP contribution in [0.25, 0.3) is 22.2 Å². The number of halogens is 1. The van der Waals surface area contributed by atoms with Gasteiger partial charge in [0, 0.05) is 38.6 Å². The lowest BCUT2D eigenvalue weighted by atomic mass is 10.1. The second kappa shape index (κ2) is 4.30. The van der Waals surface area contributed by atoms with Crippen LogP contribution in [0.4, 0.5) is 0 Å². The largest absolute Gasteiger partial charge is 0.508 e. The normalized spacial score (nSPS) is 13.3. The Morgan fingerprint density at radius 1 is 1.20 bits per heavy atom. The first-order valence-corrected chi connectivity index (χ1v) is 8.16. The highest BCUT2D eigenvalue weighted by Crippen LogP contribution is 2.46. The van der Waals surface area contributed by atoms with E-state index in [1.807, 2.05) is 23.9 Å². The third kappa shape index (κ3) is 1.64. The van der Waals surface area contributed by atoms with Crippen LogP contribution in [0.2, 0.25) is 0 Å². The van der Waals surface area contributed by atoms with Crippen molar-refractivity contribution in [2.75, 3.05) is 0 Å². The number of aryl methyl sites for hydroxylation is 1. The lowest BCUT2D eigenvalue weighted by Crippen LogP contribution is -1.99. The molecule has 1 N–H and O–H groups in total. The number of aromatic hydroxyl groups is 1. The molecular weight excluding hydrogens is 334 g/mol. The van der Waals surface area contributed by atoms with Crippen LogP contribution in [0.1, 0.15) is 5.56 Å². The summed E-state index contributed by atoms with van der Waals surface area (Å²) in [5, 5.41) is 10.9. The standard InChI is InChI=1S/C16H12BrNOS/c1-18-14-4-3-10(19)7-11(14)13-8-20-15-5-2-9(17)6-12(15)16(13)18/h2-7,19H,8H2,1H3. The van der Waals surface area contributed by atoms with E-state index in [1.165, 1.54) is 27.2 Å². The topological polar surface area (TPSA) is 25.2 Å². The molecule has 0 aliphatic carbocycles. The number of thioether (sulfide) groups is 1. The van der Waals surface area contributed by atoms with Crippen LogP contribution < -0.4 is 0 Å². The summed E-state index contributed by atoms with van der Waals surface area (Å²) in [6.45, 7) is 0. The van der Waals surface area contributed by atoms with E-state index in [-0.39, 0.29) is 0 Å². The van der Waals surface area contributed by atoms with Crippen molar-refractivity contribution in [3.8, 4) is 17.0 Å². The van der Waals surface area contributed by atoms with E-state index in [2.05, 4.69) is 45.7 Å². The first-order valence-electron chi connectivity index (χ1n) is 6.38. The quantitative estimate of drug-likeness (QED) is 0.625. The van der Waals surface area contributed by atoms with Gasteiger partial charge in [-0.25, -0.2) is 0 Å². The molecule has 1 aromatic heterocycles. The van der Waals surface area contributed by atoms with Gasteiger partial charge in [-0.05, 0) is 42.0 Å². The zero-order chi connectivity index (χ0) is 13.9. The van der Waals surface area contributed by atoms with Crippen molar-refractivity contribution in [2.24, 2.45) is 7.05 Å². The van der Waals surface area contributed by atoms with Gasteiger partial charge in [-0.2, -0.15) is 0 Å². The van der Waals surface area contributed by atoms with Gasteiger partial charge in [-0.1, -0.05) is 15.9 Å². The number of benzene rings is 2. The average Bonchev–Trinajstić information content (AvgIpc) is 2.72. The summed E-state index contributed by atoms with van der Waals surface area (Å²) in [6, 6.07) is 12.1. The second-order valence-corrected chi connectivity index (χ2v) is 6.95. The molecule has 4 rings (SSSR count). The summed E-state index contributed by atoms with van der Waals surface area (Å²) in [4.78, 5) is 1.32. The molecule has 0 saturated carbocycles. The fraction of sp³-hybridized carbons (Fsp3) is 0.125. The molecule has 0 spiro atoms. The number of hydrogen-bond donors (Lipinski definition) is 1. The van der Waals surface area contributed by atoms with Crippen molar-refractivity contribution in [3.63, 3.8) is 0 Å². The fourth-order valence-corrected chi connectivity index (χ4v) is 4.39. The number of phenols is 1. The van der Waals surface area contributed by atoms with Crippen LogP contribution in [0.15, 0.2) is 45.8 Å². The Balaban J connectivity index is 2.13. The Morgan fingerprint density at radius 3 is 2.90 bits per heavy atom.